The minimum atomic E-state index is -4.61. The van der Waals surface area contributed by atoms with Crippen LogP contribution in [0.5, 0.6) is 0 Å². The van der Waals surface area contributed by atoms with Gasteiger partial charge in [-0.3, -0.25) is 9.52 Å². The van der Waals surface area contributed by atoms with E-state index in [0.29, 0.717) is 12.0 Å². The highest BCUT2D eigenvalue weighted by molar-refractivity contribution is 7.92. The minimum Gasteiger partial charge on any atom is -0.348 e. The molecule has 1 heterocycles. The molecule has 0 radical (unpaired) electrons. The smallest absolute Gasteiger partial charge is 0.348 e. The Morgan fingerprint density at radius 1 is 1.08 bits per heavy atom. The van der Waals surface area contributed by atoms with Crippen LogP contribution < -0.4 is 10.0 Å². The third-order valence-corrected chi connectivity index (χ3v) is 5.84. The molecule has 2 aromatic carbocycles. The van der Waals surface area contributed by atoms with E-state index in [2.05, 4.69) is 16.2 Å². The molecule has 0 aliphatic heterocycles. The zero-order valence-corrected chi connectivity index (χ0v) is 21.0. The fraction of sp³-hybridized carbons (Fsp3) is 0.185. The van der Waals surface area contributed by atoms with Crippen molar-refractivity contribution in [1.82, 2.24) is 10.3 Å². The molecule has 0 saturated carbocycles. The molecule has 0 bridgehead atoms. The lowest BCUT2D eigenvalue weighted by Crippen LogP contribution is -2.21. The summed E-state index contributed by atoms with van der Waals surface area (Å²) in [5.41, 5.74) is 0.286. The van der Waals surface area contributed by atoms with Gasteiger partial charge < -0.3 is 5.32 Å². The largest absolute Gasteiger partial charge is 0.433 e. The number of benzene rings is 2. The molecule has 0 spiro atoms. The molecule has 1 amide bonds. The molecule has 1 aromatic heterocycles. The highest BCUT2D eigenvalue weighted by atomic mass is 32.2. The lowest BCUT2D eigenvalue weighted by molar-refractivity contribution is -0.141. The van der Waals surface area contributed by atoms with Crippen LogP contribution >= 0.6 is 0 Å². The van der Waals surface area contributed by atoms with Crippen molar-refractivity contribution in [1.29, 1.82) is 0 Å². The number of sulfonamides is 1. The number of hydrogen-bond acceptors (Lipinski definition) is 4. The second-order valence-electron chi connectivity index (χ2n) is 8.29. The Bertz CT molecular complexity index is 1500. The summed E-state index contributed by atoms with van der Waals surface area (Å²) in [6, 6.07) is 13.7. The van der Waals surface area contributed by atoms with Gasteiger partial charge in [0, 0.05) is 18.3 Å². The first-order valence-corrected chi connectivity index (χ1v) is 13.1. The van der Waals surface area contributed by atoms with E-state index >= 15 is 0 Å². The van der Waals surface area contributed by atoms with Crippen LogP contribution in [-0.2, 0) is 40.4 Å². The number of alkyl halides is 3. The number of anilines is 1. The van der Waals surface area contributed by atoms with Gasteiger partial charge in [-0.25, -0.2) is 17.8 Å². The van der Waals surface area contributed by atoms with E-state index in [0.717, 1.165) is 30.0 Å². The summed E-state index contributed by atoms with van der Waals surface area (Å²) in [6.07, 6.45) is 4.77. The Labute approximate surface area is 217 Å². The van der Waals surface area contributed by atoms with Crippen LogP contribution in [0.1, 0.15) is 33.6 Å². The second kappa shape index (κ2) is 11.9. The molecule has 0 saturated heterocycles. The first kappa shape index (κ1) is 28.4. The number of aryl methyl sites for hydroxylation is 2. The minimum absolute atomic E-state index is 0.0471. The van der Waals surface area contributed by atoms with Crippen LogP contribution in [0, 0.1) is 18.2 Å². The van der Waals surface area contributed by atoms with E-state index in [1.54, 1.807) is 0 Å². The van der Waals surface area contributed by atoms with Crippen molar-refractivity contribution < 1.29 is 30.8 Å². The average Bonchev–Trinajstić information content (AvgIpc) is 2.85. The van der Waals surface area contributed by atoms with E-state index in [1.807, 2.05) is 35.1 Å². The van der Waals surface area contributed by atoms with Crippen LogP contribution in [0.25, 0.3) is 6.08 Å². The number of nitrogens with one attached hydrogen (secondary N) is 2. The molecule has 11 heteroatoms. The van der Waals surface area contributed by atoms with Crippen molar-refractivity contribution in [2.45, 2.75) is 25.6 Å². The summed E-state index contributed by atoms with van der Waals surface area (Å²) in [5.74, 6) is 0.688. The lowest BCUT2D eigenvalue weighted by Gasteiger charge is -2.12. The van der Waals surface area contributed by atoms with E-state index in [4.69, 9.17) is 6.42 Å². The monoisotopic (exact) mass is 545 g/mol. The Morgan fingerprint density at radius 2 is 1.79 bits per heavy atom. The number of terminal acetylenes is 1. The molecule has 0 atom stereocenters. The SMILES string of the molecule is C#Cc1cc(CNC(=O)C=Cc2ccc(C(F)(F)F)nc2CCc2ccccc2)cc(F)c1NS(C)(=O)=O. The zero-order chi connectivity index (χ0) is 27.9. The van der Waals surface area contributed by atoms with Crippen LogP contribution in [0.15, 0.2) is 60.7 Å². The molecule has 38 heavy (non-hydrogen) atoms. The molecule has 0 unspecified atom stereocenters. The maximum atomic E-state index is 14.4. The quantitative estimate of drug-likeness (QED) is 0.232. The lowest BCUT2D eigenvalue weighted by atomic mass is 10.0. The number of amides is 1. The molecule has 3 aromatic rings. The molecular weight excluding hydrogens is 522 g/mol. The predicted octanol–water partition coefficient (Wildman–Crippen LogP) is 4.71. The van der Waals surface area contributed by atoms with Gasteiger partial charge in [-0.1, -0.05) is 42.3 Å². The van der Waals surface area contributed by atoms with Crippen molar-refractivity contribution in [3.8, 4) is 12.3 Å². The molecule has 2 N–H and O–H groups in total. The summed E-state index contributed by atoms with van der Waals surface area (Å²) in [7, 11) is -3.77. The number of carbonyl (C=O) groups excluding carboxylic acids is 1. The van der Waals surface area contributed by atoms with Crippen molar-refractivity contribution in [3.05, 3.63) is 100 Å². The summed E-state index contributed by atoms with van der Waals surface area (Å²) in [4.78, 5) is 16.2. The number of rotatable bonds is 9. The fourth-order valence-corrected chi connectivity index (χ4v) is 4.09. The number of hydrogen-bond donors (Lipinski definition) is 2. The molecular formula is C27H23F4N3O3S. The van der Waals surface area contributed by atoms with Gasteiger partial charge >= 0.3 is 6.18 Å². The van der Waals surface area contributed by atoms with E-state index in [9.17, 15) is 30.8 Å². The predicted molar refractivity (Wildman–Crippen MR) is 137 cm³/mol. The third-order valence-electron chi connectivity index (χ3n) is 5.27. The fourth-order valence-electron chi connectivity index (χ4n) is 3.51. The van der Waals surface area contributed by atoms with Gasteiger partial charge in [0.25, 0.3) is 0 Å². The van der Waals surface area contributed by atoms with Crippen molar-refractivity contribution in [2.24, 2.45) is 0 Å². The molecule has 0 fully saturated rings. The Morgan fingerprint density at radius 3 is 2.42 bits per heavy atom. The van der Waals surface area contributed by atoms with Gasteiger partial charge in [0.05, 0.1) is 17.5 Å². The first-order chi connectivity index (χ1) is 17.9. The van der Waals surface area contributed by atoms with Crippen LogP contribution in [0.3, 0.4) is 0 Å². The van der Waals surface area contributed by atoms with Crippen molar-refractivity contribution >= 4 is 27.7 Å². The number of pyridine rings is 1. The summed E-state index contributed by atoms with van der Waals surface area (Å²) < 4.78 is 79.0. The number of halogens is 4. The van der Waals surface area contributed by atoms with E-state index in [1.165, 1.54) is 18.2 Å². The summed E-state index contributed by atoms with van der Waals surface area (Å²) >= 11 is 0. The average molecular weight is 546 g/mol. The Balaban J connectivity index is 1.74. The van der Waals surface area contributed by atoms with Gasteiger partial charge in [-0.15, -0.1) is 6.42 Å². The molecule has 6 nitrogen and oxygen atoms in total. The van der Waals surface area contributed by atoms with Crippen LogP contribution in [-0.4, -0.2) is 25.6 Å². The molecule has 198 valence electrons. The maximum Gasteiger partial charge on any atom is 0.433 e. The summed E-state index contributed by atoms with van der Waals surface area (Å²) in [6.45, 7) is -0.139. The number of nitrogens with zero attached hydrogens (tertiary/aromatic N) is 1. The van der Waals surface area contributed by atoms with Crippen LogP contribution in [0.4, 0.5) is 23.2 Å². The first-order valence-electron chi connectivity index (χ1n) is 11.2. The van der Waals surface area contributed by atoms with Gasteiger partial charge in [-0.05, 0) is 53.8 Å². The molecule has 0 aliphatic carbocycles. The summed E-state index contributed by atoms with van der Waals surface area (Å²) in [5, 5.41) is 2.53. The van der Waals surface area contributed by atoms with E-state index in [-0.39, 0.29) is 35.5 Å². The maximum absolute atomic E-state index is 14.4. The van der Waals surface area contributed by atoms with Gasteiger partial charge in [0.15, 0.2) is 0 Å². The Hall–Kier alpha value is -4.17. The van der Waals surface area contributed by atoms with Gasteiger partial charge in [0.2, 0.25) is 15.9 Å². The third kappa shape index (κ3) is 8.18. The zero-order valence-electron chi connectivity index (χ0n) is 20.1. The van der Waals surface area contributed by atoms with Gasteiger partial charge in [-0.2, -0.15) is 13.2 Å². The Kier molecular flexibility index (Phi) is 8.91. The number of aromatic nitrogens is 1. The second-order valence-corrected chi connectivity index (χ2v) is 10.0. The normalized spacial score (nSPS) is 11.8. The van der Waals surface area contributed by atoms with Gasteiger partial charge in [0.1, 0.15) is 11.5 Å². The highest BCUT2D eigenvalue weighted by Crippen LogP contribution is 2.29. The topological polar surface area (TPSA) is 88.2 Å². The van der Waals surface area contributed by atoms with Crippen LogP contribution in [0.2, 0.25) is 0 Å². The standard InChI is InChI=1S/C27H23F4N3O3S/c1-3-20-15-19(16-22(28)26(20)34-38(2,36)37)17-32-25(35)14-11-21-10-13-24(27(29,30)31)33-23(21)12-9-18-7-5-4-6-8-18/h1,4-8,10-11,13-16,34H,9,12,17H2,2H3,(H,32,35). The number of carbonyl (C=O) groups is 1. The van der Waals surface area contributed by atoms with Crippen molar-refractivity contribution in [3.63, 3.8) is 0 Å². The molecule has 0 aliphatic rings. The van der Waals surface area contributed by atoms with Crippen molar-refractivity contribution in [2.75, 3.05) is 11.0 Å². The highest BCUT2D eigenvalue weighted by Gasteiger charge is 2.32. The van der Waals surface area contributed by atoms with E-state index < -0.39 is 33.6 Å². The molecule has 3 rings (SSSR count).